The molecular formula is C25H38N2O5S. The van der Waals surface area contributed by atoms with Gasteiger partial charge in [-0.3, -0.25) is 14.4 Å². The van der Waals surface area contributed by atoms with Crippen molar-refractivity contribution in [2.45, 2.75) is 93.3 Å². The lowest BCUT2D eigenvalue weighted by atomic mass is 9.71. The Morgan fingerprint density at radius 1 is 1.30 bits per heavy atom. The van der Waals surface area contributed by atoms with Gasteiger partial charge in [0.1, 0.15) is 6.04 Å². The highest BCUT2D eigenvalue weighted by molar-refractivity contribution is 8.02. The summed E-state index contributed by atoms with van der Waals surface area (Å²) in [5.74, 6) is -1.61. The molecule has 4 aliphatic rings. The van der Waals surface area contributed by atoms with Crippen LogP contribution >= 0.6 is 11.8 Å². The lowest BCUT2D eigenvalue weighted by Gasteiger charge is -2.42. The third kappa shape index (κ3) is 3.91. The predicted molar refractivity (Wildman–Crippen MR) is 128 cm³/mol. The van der Waals surface area contributed by atoms with Crippen LogP contribution in [0.25, 0.3) is 0 Å². The van der Waals surface area contributed by atoms with Gasteiger partial charge in [-0.2, -0.15) is 0 Å². The molecule has 0 aromatic rings. The number of nitrogens with zero attached hydrogens (tertiary/aromatic N) is 2. The van der Waals surface area contributed by atoms with Crippen LogP contribution in [0.5, 0.6) is 0 Å². The number of esters is 1. The van der Waals surface area contributed by atoms with E-state index in [0.717, 1.165) is 38.5 Å². The Kier molecular flexibility index (Phi) is 7.44. The molecule has 3 heterocycles. The third-order valence-electron chi connectivity index (χ3n) is 8.23. The van der Waals surface area contributed by atoms with Crippen molar-refractivity contribution in [2.75, 3.05) is 19.8 Å². The van der Waals surface area contributed by atoms with Gasteiger partial charge in [-0.1, -0.05) is 32.3 Å². The molecule has 4 rings (SSSR count). The zero-order chi connectivity index (χ0) is 23.8. The molecule has 2 unspecified atom stereocenters. The number of carbonyl (C=O) groups is 3. The number of carbonyl (C=O) groups excluding carboxylic acids is 3. The van der Waals surface area contributed by atoms with E-state index in [2.05, 4.69) is 6.58 Å². The molecule has 3 saturated heterocycles. The Bertz CT molecular complexity index is 781. The Hall–Kier alpha value is -1.54. The molecule has 8 heteroatoms. The molecule has 0 radical (unpaired) electrons. The number of ether oxygens (including phenoxy) is 1. The topological polar surface area (TPSA) is 87.2 Å². The first-order chi connectivity index (χ1) is 15.9. The molecule has 1 N–H and O–H groups in total. The summed E-state index contributed by atoms with van der Waals surface area (Å²) in [5, 5.41) is 10.2. The average molecular weight is 479 g/mol. The SMILES string of the molecule is C=CCN(C(=O)C1N([C@@H](CC)CO)C(=O)[C@@H]2[C@H](C(=O)OCC)[C@@H]3CCC12S3)C1CCCCC1. The normalized spacial score (nSPS) is 34.3. The minimum absolute atomic E-state index is 0.00666. The van der Waals surface area contributed by atoms with E-state index in [1.54, 1.807) is 29.7 Å². The lowest BCUT2D eigenvalue weighted by molar-refractivity contribution is -0.154. The molecule has 0 aromatic heterocycles. The number of likely N-dealkylation sites (tertiary alicyclic amines) is 1. The van der Waals surface area contributed by atoms with Crippen molar-refractivity contribution >= 4 is 29.5 Å². The molecular weight excluding hydrogens is 440 g/mol. The summed E-state index contributed by atoms with van der Waals surface area (Å²) >= 11 is 1.66. The number of fused-ring (bicyclic) bond motifs is 1. The summed E-state index contributed by atoms with van der Waals surface area (Å²) in [6.45, 7) is 8.13. The Morgan fingerprint density at radius 2 is 2.03 bits per heavy atom. The zero-order valence-electron chi connectivity index (χ0n) is 19.9. The van der Waals surface area contributed by atoms with Crippen molar-refractivity contribution in [2.24, 2.45) is 11.8 Å². The molecule has 7 nitrogen and oxygen atoms in total. The van der Waals surface area contributed by atoms with Gasteiger partial charge in [-0.15, -0.1) is 18.3 Å². The van der Waals surface area contributed by atoms with Crippen LogP contribution in [0.2, 0.25) is 0 Å². The number of rotatable bonds is 9. The van der Waals surface area contributed by atoms with Crippen molar-refractivity contribution in [3.63, 3.8) is 0 Å². The van der Waals surface area contributed by atoms with Crippen LogP contribution in [0.4, 0.5) is 0 Å². The number of aliphatic hydroxyl groups excluding tert-OH is 1. The summed E-state index contributed by atoms with van der Waals surface area (Å²) in [6, 6.07) is -0.954. The minimum atomic E-state index is -0.664. The van der Waals surface area contributed by atoms with Gasteiger partial charge in [0.2, 0.25) is 11.8 Å². The quantitative estimate of drug-likeness (QED) is 0.405. The maximum Gasteiger partial charge on any atom is 0.310 e. The molecule has 4 fully saturated rings. The van der Waals surface area contributed by atoms with E-state index in [9.17, 15) is 19.5 Å². The predicted octanol–water partition coefficient (Wildman–Crippen LogP) is 2.76. The minimum Gasteiger partial charge on any atom is -0.466 e. The van der Waals surface area contributed by atoms with Crippen LogP contribution in [0.3, 0.4) is 0 Å². The van der Waals surface area contributed by atoms with Gasteiger partial charge in [0, 0.05) is 17.8 Å². The zero-order valence-corrected chi connectivity index (χ0v) is 20.7. The summed E-state index contributed by atoms with van der Waals surface area (Å²) in [7, 11) is 0. The van der Waals surface area contributed by atoms with Crippen LogP contribution in [0.15, 0.2) is 12.7 Å². The van der Waals surface area contributed by atoms with E-state index in [1.807, 2.05) is 11.8 Å². The van der Waals surface area contributed by atoms with Crippen molar-refractivity contribution < 1.29 is 24.2 Å². The van der Waals surface area contributed by atoms with Gasteiger partial charge in [0.05, 0.1) is 35.8 Å². The molecule has 2 amide bonds. The summed E-state index contributed by atoms with van der Waals surface area (Å²) in [4.78, 5) is 44.8. The smallest absolute Gasteiger partial charge is 0.310 e. The van der Waals surface area contributed by atoms with Gasteiger partial charge in [-0.05, 0) is 39.0 Å². The van der Waals surface area contributed by atoms with Crippen LogP contribution < -0.4 is 0 Å². The van der Waals surface area contributed by atoms with Crippen LogP contribution in [-0.2, 0) is 19.1 Å². The summed E-state index contributed by atoms with van der Waals surface area (Å²) in [5.41, 5.74) is 0. The van der Waals surface area contributed by atoms with E-state index >= 15 is 0 Å². The summed E-state index contributed by atoms with van der Waals surface area (Å²) < 4.78 is 4.74. The van der Waals surface area contributed by atoms with E-state index < -0.39 is 28.7 Å². The number of hydrogen-bond acceptors (Lipinski definition) is 6. The molecule has 3 aliphatic heterocycles. The second-order valence-electron chi connectivity index (χ2n) is 9.87. The molecule has 6 atom stereocenters. The standard InChI is InChI=1S/C25H38N2O5S/c1-4-14-26(17-10-8-7-9-11-17)23(30)21-25-13-12-18(33-25)19(24(31)32-6-3)20(25)22(29)27(21)16(5-2)15-28/h4,16-21,28H,1,5-15H2,2-3H3/t16-,18-,19+,20-,21?,25?/m0/s1. The monoisotopic (exact) mass is 478 g/mol. The Balaban J connectivity index is 1.75. The number of aliphatic hydroxyl groups is 1. The Labute approximate surface area is 201 Å². The largest absolute Gasteiger partial charge is 0.466 e. The van der Waals surface area contributed by atoms with Crippen LogP contribution in [0.1, 0.15) is 65.2 Å². The van der Waals surface area contributed by atoms with Crippen molar-refractivity contribution in [1.82, 2.24) is 9.80 Å². The van der Waals surface area contributed by atoms with Crippen LogP contribution in [-0.4, -0.2) is 80.6 Å². The maximum atomic E-state index is 14.3. The fourth-order valence-corrected chi connectivity index (χ4v) is 8.98. The van der Waals surface area contributed by atoms with E-state index in [1.165, 1.54) is 6.42 Å². The highest BCUT2D eigenvalue weighted by atomic mass is 32.2. The molecule has 184 valence electrons. The fourth-order valence-electron chi connectivity index (χ4n) is 6.79. The molecule has 2 bridgehead atoms. The van der Waals surface area contributed by atoms with Gasteiger partial charge in [0.15, 0.2) is 0 Å². The van der Waals surface area contributed by atoms with Crippen LogP contribution in [0, 0.1) is 11.8 Å². The van der Waals surface area contributed by atoms with Crippen molar-refractivity contribution in [3.8, 4) is 0 Å². The first kappa shape index (κ1) is 24.6. The van der Waals surface area contributed by atoms with E-state index in [0.29, 0.717) is 13.0 Å². The Morgan fingerprint density at radius 3 is 2.64 bits per heavy atom. The van der Waals surface area contributed by atoms with Gasteiger partial charge in [-0.25, -0.2) is 0 Å². The molecule has 0 aromatic carbocycles. The highest BCUT2D eigenvalue weighted by Gasteiger charge is 2.74. The second kappa shape index (κ2) is 9.98. The number of amides is 2. The fraction of sp³-hybridized carbons (Fsp3) is 0.800. The van der Waals surface area contributed by atoms with Gasteiger partial charge < -0.3 is 19.6 Å². The average Bonchev–Trinajstić information content (AvgIpc) is 3.46. The molecule has 33 heavy (non-hydrogen) atoms. The van der Waals surface area contributed by atoms with Gasteiger partial charge >= 0.3 is 5.97 Å². The second-order valence-corrected chi connectivity index (χ2v) is 11.5. The lowest BCUT2D eigenvalue weighted by Crippen LogP contribution is -2.59. The molecule has 1 spiro atoms. The number of hydrogen-bond donors (Lipinski definition) is 1. The van der Waals surface area contributed by atoms with Gasteiger partial charge in [0.25, 0.3) is 0 Å². The van der Waals surface area contributed by atoms with E-state index in [4.69, 9.17) is 4.74 Å². The number of thioether (sulfide) groups is 1. The molecule has 1 saturated carbocycles. The maximum absolute atomic E-state index is 14.3. The van der Waals surface area contributed by atoms with Crippen molar-refractivity contribution in [1.29, 1.82) is 0 Å². The highest BCUT2D eigenvalue weighted by Crippen LogP contribution is 2.67. The van der Waals surface area contributed by atoms with Crippen molar-refractivity contribution in [3.05, 3.63) is 12.7 Å². The van der Waals surface area contributed by atoms with E-state index in [-0.39, 0.29) is 42.3 Å². The summed E-state index contributed by atoms with van der Waals surface area (Å²) in [6.07, 6.45) is 9.18. The third-order valence-corrected chi connectivity index (χ3v) is 10.2. The first-order valence-electron chi connectivity index (χ1n) is 12.6. The molecule has 1 aliphatic carbocycles. The first-order valence-corrected chi connectivity index (χ1v) is 13.5.